The molecule has 0 aromatic heterocycles. The van der Waals surface area contributed by atoms with Crippen molar-refractivity contribution >= 4 is 25.7 Å². The molecule has 0 aliphatic rings. The van der Waals surface area contributed by atoms with Gasteiger partial charge in [-0.15, -0.1) is 0 Å². The van der Waals surface area contributed by atoms with Crippen LogP contribution in [-0.2, 0) is 32.7 Å². The minimum Gasteiger partial charge on any atom is -0.480 e. The van der Waals surface area contributed by atoms with Gasteiger partial charge in [0.15, 0.2) is 6.04 Å². The van der Waals surface area contributed by atoms with Crippen LogP contribution in [0.15, 0.2) is 60.8 Å². The monoisotopic (exact) mass is 978 g/mol. The lowest BCUT2D eigenvalue weighted by Crippen LogP contribution is -2.43. The van der Waals surface area contributed by atoms with E-state index in [-0.39, 0.29) is 12.8 Å². The van der Waals surface area contributed by atoms with Gasteiger partial charge in [-0.25, -0.2) is 9.36 Å². The number of aliphatic hydroxyl groups is 1. The van der Waals surface area contributed by atoms with Gasteiger partial charge in [0.25, 0.3) is 0 Å². The van der Waals surface area contributed by atoms with Gasteiger partial charge in [0, 0.05) is 12.8 Å². The molecule has 68 heavy (non-hydrogen) atoms. The third kappa shape index (κ3) is 49.6. The van der Waals surface area contributed by atoms with Gasteiger partial charge in [0.1, 0.15) is 12.7 Å². The van der Waals surface area contributed by atoms with E-state index in [1.54, 1.807) is 0 Å². The van der Waals surface area contributed by atoms with Gasteiger partial charge >= 0.3 is 19.8 Å². The van der Waals surface area contributed by atoms with Crippen molar-refractivity contribution in [2.75, 3.05) is 19.8 Å². The van der Waals surface area contributed by atoms with Gasteiger partial charge in [0.05, 0.1) is 13.2 Å². The van der Waals surface area contributed by atoms with Crippen LogP contribution in [0, 0.1) is 0 Å². The van der Waals surface area contributed by atoms with Gasteiger partial charge in [-0.3, -0.25) is 18.6 Å². The highest BCUT2D eigenvalue weighted by atomic mass is 31.2. The molecule has 4 N–H and O–H groups in total. The van der Waals surface area contributed by atoms with Crippen molar-refractivity contribution in [3.63, 3.8) is 0 Å². The molecule has 0 fully saturated rings. The van der Waals surface area contributed by atoms with E-state index in [0.29, 0.717) is 12.8 Å². The minimum absolute atomic E-state index is 0.142. The molecule has 12 heteroatoms. The number of nitrogens with one attached hydrogen (secondary N) is 1. The zero-order valence-electron chi connectivity index (χ0n) is 43.2. The second kappa shape index (κ2) is 50.6. The van der Waals surface area contributed by atoms with Crippen LogP contribution in [0.1, 0.15) is 245 Å². The maximum atomic E-state index is 12.4. The largest absolute Gasteiger partial charge is 0.480 e. The number of rotatable bonds is 51. The standard InChI is InChI=1S/C56H100NO10P/c1-3-5-7-9-11-13-15-17-19-21-23-25-26-28-30-32-34-36-38-40-42-44-46-48-55(60)65-49-52(58)50-66-68(63,64)67-51-53(56(61)62)57-54(59)47-45-43-41-39-37-35-33-31-29-27-24-22-20-18-16-14-12-10-8-6-4-2/h11-14,17-20,23,25,52-53,58H,3-10,15-16,21-22,24,26-51H2,1-2H3,(H,57,59)(H,61,62)(H,63,64)/b13-11-,14-12-,19-17-,20-18-,25-23-. The van der Waals surface area contributed by atoms with E-state index in [1.165, 1.54) is 135 Å². The van der Waals surface area contributed by atoms with E-state index < -0.39 is 57.6 Å². The van der Waals surface area contributed by atoms with Crippen molar-refractivity contribution in [1.82, 2.24) is 5.32 Å². The summed E-state index contributed by atoms with van der Waals surface area (Å²) in [5.41, 5.74) is 0. The summed E-state index contributed by atoms with van der Waals surface area (Å²) < 4.78 is 27.0. The number of esters is 1. The van der Waals surface area contributed by atoms with Crippen LogP contribution >= 0.6 is 7.82 Å². The second-order valence-corrected chi connectivity index (χ2v) is 19.9. The number of hydrogen-bond acceptors (Lipinski definition) is 8. The molecule has 3 atom stereocenters. The molecule has 0 spiro atoms. The molecule has 0 saturated carbocycles. The maximum absolute atomic E-state index is 12.4. The van der Waals surface area contributed by atoms with E-state index in [4.69, 9.17) is 13.8 Å². The number of carboxylic acids is 1. The Morgan fingerprint density at radius 2 is 0.809 bits per heavy atom. The minimum atomic E-state index is -4.77. The third-order valence-electron chi connectivity index (χ3n) is 11.8. The van der Waals surface area contributed by atoms with E-state index in [9.17, 15) is 34.1 Å². The summed E-state index contributed by atoms with van der Waals surface area (Å²) in [5.74, 6) is -2.37. The Morgan fingerprint density at radius 1 is 0.471 bits per heavy atom. The number of unbranched alkanes of at least 4 members (excludes halogenated alkanes) is 27. The van der Waals surface area contributed by atoms with E-state index in [0.717, 1.165) is 70.6 Å². The van der Waals surface area contributed by atoms with Crippen LogP contribution in [0.3, 0.4) is 0 Å². The molecule has 0 radical (unpaired) electrons. The van der Waals surface area contributed by atoms with E-state index >= 15 is 0 Å². The molecule has 0 bridgehead atoms. The number of phosphoric acid groups is 1. The first-order valence-electron chi connectivity index (χ1n) is 27.3. The normalized spacial score (nSPS) is 13.9. The van der Waals surface area contributed by atoms with Gasteiger partial charge in [-0.05, 0) is 83.5 Å². The van der Waals surface area contributed by atoms with Crippen LogP contribution in [0.2, 0.25) is 0 Å². The Hall–Kier alpha value is -2.82. The molecular weight excluding hydrogens is 878 g/mol. The Bertz CT molecular complexity index is 1380. The number of carbonyl (C=O) groups is 3. The molecule has 0 aliphatic carbocycles. The summed E-state index contributed by atoms with van der Waals surface area (Å²) in [4.78, 5) is 46.2. The third-order valence-corrected chi connectivity index (χ3v) is 12.7. The highest BCUT2D eigenvalue weighted by Gasteiger charge is 2.28. The van der Waals surface area contributed by atoms with Crippen LogP contribution in [0.5, 0.6) is 0 Å². The van der Waals surface area contributed by atoms with Crippen LogP contribution in [0.4, 0.5) is 0 Å². The first-order valence-corrected chi connectivity index (χ1v) is 28.8. The number of carboxylic acid groups (broad SMARTS) is 1. The topological polar surface area (TPSA) is 169 Å². The van der Waals surface area contributed by atoms with Gasteiger partial charge in [0.2, 0.25) is 5.91 Å². The quantitative estimate of drug-likeness (QED) is 0.0199. The van der Waals surface area contributed by atoms with Crippen molar-refractivity contribution in [1.29, 1.82) is 0 Å². The molecule has 0 rings (SSSR count). The number of amides is 1. The maximum Gasteiger partial charge on any atom is 0.472 e. The number of hydrogen-bond donors (Lipinski definition) is 4. The lowest BCUT2D eigenvalue weighted by Gasteiger charge is -2.18. The number of aliphatic hydroxyl groups excluding tert-OH is 1. The van der Waals surface area contributed by atoms with Crippen molar-refractivity contribution in [3.05, 3.63) is 60.8 Å². The van der Waals surface area contributed by atoms with Gasteiger partial charge in [-0.1, -0.05) is 209 Å². The van der Waals surface area contributed by atoms with E-state index in [2.05, 4.69) is 79.9 Å². The summed E-state index contributed by atoms with van der Waals surface area (Å²) in [6.07, 6.45) is 60.9. The summed E-state index contributed by atoms with van der Waals surface area (Å²) in [5, 5.41) is 22.0. The van der Waals surface area contributed by atoms with Crippen LogP contribution in [0.25, 0.3) is 0 Å². The fourth-order valence-corrected chi connectivity index (χ4v) is 8.30. The summed E-state index contributed by atoms with van der Waals surface area (Å²) in [6.45, 7) is 2.57. The smallest absolute Gasteiger partial charge is 0.472 e. The fraction of sp³-hybridized carbons (Fsp3) is 0.768. The number of phosphoric ester groups is 1. The number of ether oxygens (including phenoxy) is 1. The Balaban J connectivity index is 3.81. The zero-order chi connectivity index (χ0) is 49.9. The fourth-order valence-electron chi connectivity index (χ4n) is 7.53. The molecule has 0 heterocycles. The SMILES string of the molecule is CCCCC/C=C\C/C=C\C/C=C\CCCCCCCCCCCCC(=O)OCC(O)COP(=O)(O)OCC(NC(=O)CCCCCCCCCCCCC/C=C\C/C=C\CCCCC)C(=O)O. The van der Waals surface area contributed by atoms with Crippen molar-refractivity contribution in [2.24, 2.45) is 0 Å². The molecular formula is C56H100NO10P. The molecule has 0 aromatic carbocycles. The first-order chi connectivity index (χ1) is 33.1. The molecule has 0 aliphatic heterocycles. The summed E-state index contributed by atoms with van der Waals surface area (Å²) in [7, 11) is -4.77. The molecule has 3 unspecified atom stereocenters. The van der Waals surface area contributed by atoms with E-state index in [1.807, 2.05) is 0 Å². The Labute approximate surface area is 415 Å². The first kappa shape index (κ1) is 65.2. The predicted octanol–water partition coefficient (Wildman–Crippen LogP) is 15.5. The molecule has 1 amide bonds. The zero-order valence-corrected chi connectivity index (χ0v) is 44.0. The highest BCUT2D eigenvalue weighted by Crippen LogP contribution is 2.43. The average molecular weight is 978 g/mol. The van der Waals surface area contributed by atoms with Gasteiger partial charge in [-0.2, -0.15) is 0 Å². The lowest BCUT2D eigenvalue weighted by atomic mass is 10.0. The highest BCUT2D eigenvalue weighted by molar-refractivity contribution is 7.47. The van der Waals surface area contributed by atoms with Crippen LogP contribution < -0.4 is 5.32 Å². The Kier molecular flexibility index (Phi) is 48.5. The Morgan fingerprint density at radius 3 is 1.21 bits per heavy atom. The second-order valence-electron chi connectivity index (χ2n) is 18.4. The molecule has 394 valence electrons. The van der Waals surface area contributed by atoms with Crippen molar-refractivity contribution in [3.8, 4) is 0 Å². The number of aliphatic carboxylic acids is 1. The van der Waals surface area contributed by atoms with Crippen LogP contribution in [-0.4, -0.2) is 64.9 Å². The number of allylic oxidation sites excluding steroid dienone is 10. The summed E-state index contributed by atoms with van der Waals surface area (Å²) >= 11 is 0. The van der Waals surface area contributed by atoms with Crippen molar-refractivity contribution in [2.45, 2.75) is 257 Å². The molecule has 11 nitrogen and oxygen atoms in total. The molecule has 0 aromatic rings. The average Bonchev–Trinajstić information content (AvgIpc) is 3.32. The lowest BCUT2D eigenvalue weighted by molar-refractivity contribution is -0.147. The number of carbonyl (C=O) groups excluding carboxylic acids is 2. The summed E-state index contributed by atoms with van der Waals surface area (Å²) in [6, 6.07) is -1.55. The molecule has 0 saturated heterocycles. The predicted molar refractivity (Wildman–Crippen MR) is 282 cm³/mol. The van der Waals surface area contributed by atoms with Crippen molar-refractivity contribution < 1.29 is 47.8 Å². The van der Waals surface area contributed by atoms with Gasteiger partial charge < -0.3 is 25.2 Å².